The fourth-order valence-electron chi connectivity index (χ4n) is 2.95. The van der Waals surface area contributed by atoms with Crippen molar-refractivity contribution < 1.29 is 8.42 Å². The molecule has 2 aromatic carbocycles. The molecule has 1 aliphatic carbocycles. The second kappa shape index (κ2) is 12.3. The molecule has 0 saturated heterocycles. The van der Waals surface area contributed by atoms with Crippen molar-refractivity contribution in [2.75, 3.05) is 0 Å². The second-order valence-corrected chi connectivity index (χ2v) is 11.1. The molecule has 1 heterocycles. The van der Waals surface area contributed by atoms with Crippen LogP contribution in [0, 0.1) is 0 Å². The van der Waals surface area contributed by atoms with Crippen molar-refractivity contribution in [2.45, 2.75) is 57.9 Å². The van der Waals surface area contributed by atoms with Crippen molar-refractivity contribution in [3.8, 4) is 22.5 Å². The quantitative estimate of drug-likeness (QED) is 0.381. The van der Waals surface area contributed by atoms with E-state index in [1.807, 2.05) is 44.2 Å². The van der Waals surface area contributed by atoms with Crippen LogP contribution in [0.4, 0.5) is 0 Å². The molecule has 8 heteroatoms. The van der Waals surface area contributed by atoms with Crippen molar-refractivity contribution in [1.29, 1.82) is 0 Å². The molecule has 1 fully saturated rings. The van der Waals surface area contributed by atoms with Crippen LogP contribution >= 0.6 is 15.9 Å². The fourth-order valence-corrected chi connectivity index (χ4v) is 4.82. The first kappa shape index (κ1) is 27.0. The Labute approximate surface area is 206 Å². The number of hydrogen-bond donors (Lipinski definition) is 1. The molecule has 0 atom stereocenters. The minimum atomic E-state index is -2.94. The molecule has 1 N–H and O–H groups in total. The van der Waals surface area contributed by atoms with Gasteiger partial charge in [-0.25, -0.2) is 13.1 Å². The summed E-state index contributed by atoms with van der Waals surface area (Å²) in [6.45, 7) is 13.8. The van der Waals surface area contributed by atoms with Gasteiger partial charge in [0.2, 0.25) is 10.0 Å². The predicted octanol–water partition coefficient (Wildman–Crippen LogP) is 6.23. The zero-order chi connectivity index (χ0) is 24.6. The number of sulfonamides is 1. The Kier molecular flexibility index (Phi) is 10.0. The van der Waals surface area contributed by atoms with Crippen LogP contribution in [0.15, 0.2) is 72.2 Å². The van der Waals surface area contributed by atoms with Crippen LogP contribution in [-0.2, 0) is 10.0 Å². The molecular weight excluding hydrogens is 500 g/mol. The van der Waals surface area contributed by atoms with Gasteiger partial charge < -0.3 is 0 Å². The van der Waals surface area contributed by atoms with E-state index in [4.69, 9.17) is 0 Å². The molecule has 1 aromatic heterocycles. The van der Waals surface area contributed by atoms with Crippen molar-refractivity contribution >= 4 is 26.0 Å². The van der Waals surface area contributed by atoms with Gasteiger partial charge in [-0.2, -0.15) is 15.0 Å². The van der Waals surface area contributed by atoms with E-state index in [-0.39, 0.29) is 17.3 Å². The maximum Gasteiger partial charge on any atom is 0.214 e. The third-order valence-corrected chi connectivity index (χ3v) is 7.30. The minimum Gasteiger partial charge on any atom is -0.212 e. The number of halogens is 1. The standard InChI is InChI=1S/C17H16BrN3.C6H13NO2S.C2H4/c1-12(2)21-19-16(13-6-4-3-5-7-13)17(20-21)14-8-10-15(18)11-9-14;1-5(2)7-10(8,9)6-3-4-6;1-2/h3-12H,1-2H3;5-7H,3-4H2,1-2H3;1-2H2. The van der Waals surface area contributed by atoms with Crippen LogP contribution in [0.5, 0.6) is 0 Å². The lowest BCUT2D eigenvalue weighted by atomic mass is 10.1. The highest BCUT2D eigenvalue weighted by molar-refractivity contribution is 9.10. The molecule has 0 unspecified atom stereocenters. The van der Waals surface area contributed by atoms with Crippen LogP contribution < -0.4 is 4.72 Å². The first-order chi connectivity index (χ1) is 15.7. The summed E-state index contributed by atoms with van der Waals surface area (Å²) in [5.41, 5.74) is 4.00. The topological polar surface area (TPSA) is 76.9 Å². The van der Waals surface area contributed by atoms with Crippen molar-refractivity contribution in [2.24, 2.45) is 0 Å². The smallest absolute Gasteiger partial charge is 0.212 e. The lowest BCUT2D eigenvalue weighted by Crippen LogP contribution is -2.32. The van der Waals surface area contributed by atoms with E-state index >= 15 is 0 Å². The number of aromatic nitrogens is 3. The summed E-state index contributed by atoms with van der Waals surface area (Å²) in [5.74, 6) is 0. The molecule has 0 radical (unpaired) electrons. The largest absolute Gasteiger partial charge is 0.214 e. The van der Waals surface area contributed by atoms with Gasteiger partial charge in [-0.3, -0.25) is 0 Å². The highest BCUT2D eigenvalue weighted by atomic mass is 79.9. The lowest BCUT2D eigenvalue weighted by molar-refractivity contribution is 0.468. The Bertz CT molecular complexity index is 1110. The Morgan fingerprint density at radius 3 is 1.82 bits per heavy atom. The van der Waals surface area contributed by atoms with E-state index < -0.39 is 10.0 Å². The summed E-state index contributed by atoms with van der Waals surface area (Å²) in [7, 11) is -2.94. The zero-order valence-electron chi connectivity index (χ0n) is 19.7. The van der Waals surface area contributed by atoms with Gasteiger partial charge in [0.15, 0.2) is 0 Å². The number of nitrogens with zero attached hydrogens (tertiary/aromatic N) is 3. The molecule has 33 heavy (non-hydrogen) atoms. The summed E-state index contributed by atoms with van der Waals surface area (Å²) >= 11 is 3.47. The number of hydrogen-bond acceptors (Lipinski definition) is 4. The Morgan fingerprint density at radius 2 is 1.39 bits per heavy atom. The van der Waals surface area contributed by atoms with Gasteiger partial charge in [0.05, 0.1) is 11.3 Å². The minimum absolute atomic E-state index is 0.0330. The fraction of sp³-hybridized carbons (Fsp3) is 0.360. The molecule has 3 aromatic rings. The van der Waals surface area contributed by atoms with Crippen LogP contribution in [0.1, 0.15) is 46.6 Å². The number of nitrogens with one attached hydrogen (secondary N) is 1. The predicted molar refractivity (Wildman–Crippen MR) is 140 cm³/mol. The van der Waals surface area contributed by atoms with Crippen LogP contribution in [0.2, 0.25) is 0 Å². The lowest BCUT2D eigenvalue weighted by Gasteiger charge is -2.07. The molecule has 0 spiro atoms. The monoisotopic (exact) mass is 532 g/mol. The first-order valence-corrected chi connectivity index (χ1v) is 13.3. The Balaban J connectivity index is 0.000000270. The van der Waals surface area contributed by atoms with Gasteiger partial charge in [-0.05, 0) is 52.7 Å². The van der Waals surface area contributed by atoms with Crippen LogP contribution in [0.3, 0.4) is 0 Å². The molecule has 4 rings (SSSR count). The molecule has 0 amide bonds. The van der Waals surface area contributed by atoms with Crippen molar-refractivity contribution in [3.05, 3.63) is 72.2 Å². The first-order valence-electron chi connectivity index (χ1n) is 11.0. The Hall–Kier alpha value is -2.29. The molecule has 6 nitrogen and oxygen atoms in total. The van der Waals surface area contributed by atoms with Gasteiger partial charge in [-0.15, -0.1) is 13.2 Å². The van der Waals surface area contributed by atoms with Crippen LogP contribution in [0.25, 0.3) is 22.5 Å². The van der Waals surface area contributed by atoms with E-state index in [1.54, 1.807) is 4.80 Å². The third kappa shape index (κ3) is 7.91. The summed E-state index contributed by atoms with van der Waals surface area (Å²) in [6, 6.07) is 18.6. The normalized spacial score (nSPS) is 13.2. The zero-order valence-corrected chi connectivity index (χ0v) is 22.1. The summed E-state index contributed by atoms with van der Waals surface area (Å²) < 4.78 is 25.8. The summed E-state index contributed by atoms with van der Waals surface area (Å²) in [6.07, 6.45) is 1.67. The molecular formula is C25H33BrN4O2S. The highest BCUT2D eigenvalue weighted by Crippen LogP contribution is 2.30. The van der Waals surface area contributed by atoms with Gasteiger partial charge in [0.1, 0.15) is 11.4 Å². The average Bonchev–Trinajstić information content (AvgIpc) is 3.56. The molecule has 1 aliphatic rings. The van der Waals surface area contributed by atoms with E-state index in [9.17, 15) is 8.42 Å². The number of rotatable bonds is 6. The van der Waals surface area contributed by atoms with Gasteiger partial charge in [-0.1, -0.05) is 58.4 Å². The average molecular weight is 534 g/mol. The summed E-state index contributed by atoms with van der Waals surface area (Å²) in [4.78, 5) is 1.78. The second-order valence-electron chi connectivity index (χ2n) is 8.20. The summed E-state index contributed by atoms with van der Waals surface area (Å²) in [5, 5.41) is 9.26. The third-order valence-electron chi connectivity index (χ3n) is 4.62. The van der Waals surface area contributed by atoms with E-state index in [1.165, 1.54) is 0 Å². The molecule has 0 aliphatic heterocycles. The van der Waals surface area contributed by atoms with E-state index in [0.29, 0.717) is 0 Å². The molecule has 1 saturated carbocycles. The highest BCUT2D eigenvalue weighted by Gasteiger charge is 2.35. The maximum atomic E-state index is 11.1. The van der Waals surface area contributed by atoms with Crippen molar-refractivity contribution in [1.82, 2.24) is 19.7 Å². The maximum absolute atomic E-state index is 11.1. The molecule has 0 bridgehead atoms. The van der Waals surface area contributed by atoms with Crippen molar-refractivity contribution in [3.63, 3.8) is 0 Å². The van der Waals surface area contributed by atoms with Gasteiger partial charge in [0.25, 0.3) is 0 Å². The SMILES string of the molecule is C=C.CC(C)NS(=O)(=O)C1CC1.CC(C)n1nc(-c2ccccc2)c(-c2ccc(Br)cc2)n1. The number of benzene rings is 2. The van der Waals surface area contributed by atoms with Crippen LogP contribution in [-0.4, -0.2) is 34.7 Å². The molecule has 178 valence electrons. The van der Waals surface area contributed by atoms with Gasteiger partial charge in [0, 0.05) is 21.6 Å². The Morgan fingerprint density at radius 1 is 0.909 bits per heavy atom. The van der Waals surface area contributed by atoms with E-state index in [0.717, 1.165) is 39.8 Å². The van der Waals surface area contributed by atoms with Gasteiger partial charge >= 0.3 is 0 Å². The van der Waals surface area contributed by atoms with E-state index in [2.05, 4.69) is 82.1 Å².